The molecule has 2 N–H and O–H groups in total. The first kappa shape index (κ1) is 16.6. The van der Waals surface area contributed by atoms with Gasteiger partial charge in [0.2, 0.25) is 0 Å². The average molecular weight is 296 g/mol. The molecule has 2 unspecified atom stereocenters. The van der Waals surface area contributed by atoms with E-state index in [0.717, 1.165) is 0 Å². The van der Waals surface area contributed by atoms with Gasteiger partial charge in [0, 0.05) is 13.6 Å². The molecule has 0 spiro atoms. The molecule has 2 atom stereocenters. The number of halogens is 2. The molecule has 20 heavy (non-hydrogen) atoms. The van der Waals surface area contributed by atoms with Gasteiger partial charge in [0.05, 0.1) is 25.9 Å². The highest BCUT2D eigenvalue weighted by molar-refractivity contribution is 5.77. The highest BCUT2D eigenvalue weighted by atomic mass is 19.3. The lowest BCUT2D eigenvalue weighted by Crippen LogP contribution is -2.48. The molecule has 1 aliphatic rings. The van der Waals surface area contributed by atoms with Crippen molar-refractivity contribution in [1.29, 1.82) is 0 Å². The van der Waals surface area contributed by atoms with Crippen molar-refractivity contribution in [2.24, 2.45) is 5.92 Å². The fourth-order valence-corrected chi connectivity index (χ4v) is 1.84. The summed E-state index contributed by atoms with van der Waals surface area (Å²) >= 11 is 0. The highest BCUT2D eigenvalue weighted by Crippen LogP contribution is 2.18. The Labute approximate surface area is 114 Å². The maximum absolute atomic E-state index is 11.8. The number of carboxylic acid groups (broad SMARTS) is 1. The Morgan fingerprint density at radius 2 is 2.20 bits per heavy atom. The number of alkyl halides is 2. The minimum Gasteiger partial charge on any atom is -0.481 e. The number of hydrogen-bond acceptors (Lipinski definition) is 4. The summed E-state index contributed by atoms with van der Waals surface area (Å²) < 4.78 is 33.2. The van der Waals surface area contributed by atoms with E-state index in [1.54, 1.807) is 0 Å². The highest BCUT2D eigenvalue weighted by Gasteiger charge is 2.38. The SMILES string of the molecule is CN(C(=O)NCCOCC(F)F)C1COCC1C(=O)O. The van der Waals surface area contributed by atoms with Crippen LogP contribution in [0.5, 0.6) is 0 Å². The summed E-state index contributed by atoms with van der Waals surface area (Å²) in [5.74, 6) is -1.78. The molecule has 2 amide bonds. The molecule has 1 fully saturated rings. The normalized spacial score (nSPS) is 22.0. The molecule has 9 heteroatoms. The van der Waals surface area contributed by atoms with E-state index in [-0.39, 0.29) is 26.4 Å². The molecule has 1 heterocycles. The number of hydrogen-bond donors (Lipinski definition) is 2. The van der Waals surface area contributed by atoms with Crippen molar-refractivity contribution in [3.63, 3.8) is 0 Å². The monoisotopic (exact) mass is 296 g/mol. The van der Waals surface area contributed by atoms with Gasteiger partial charge in [-0.25, -0.2) is 13.6 Å². The van der Waals surface area contributed by atoms with E-state index in [1.807, 2.05) is 0 Å². The second-order valence-corrected chi connectivity index (χ2v) is 4.36. The minimum atomic E-state index is -2.54. The second-order valence-electron chi connectivity index (χ2n) is 4.36. The molecule has 0 saturated carbocycles. The van der Waals surface area contributed by atoms with Crippen molar-refractivity contribution < 1.29 is 33.0 Å². The third-order valence-corrected chi connectivity index (χ3v) is 2.95. The van der Waals surface area contributed by atoms with E-state index >= 15 is 0 Å². The predicted octanol–water partition coefficient (Wildman–Crippen LogP) is 0.00910. The Morgan fingerprint density at radius 3 is 2.80 bits per heavy atom. The lowest BCUT2D eigenvalue weighted by molar-refractivity contribution is -0.142. The zero-order chi connectivity index (χ0) is 15.1. The van der Waals surface area contributed by atoms with Crippen LogP contribution in [-0.4, -0.2) is 74.5 Å². The molecule has 1 rings (SSSR count). The van der Waals surface area contributed by atoms with Gasteiger partial charge in [0.15, 0.2) is 0 Å². The topological polar surface area (TPSA) is 88.1 Å². The maximum Gasteiger partial charge on any atom is 0.317 e. The van der Waals surface area contributed by atoms with Crippen molar-refractivity contribution in [2.75, 3.05) is 40.0 Å². The van der Waals surface area contributed by atoms with E-state index < -0.39 is 37.0 Å². The van der Waals surface area contributed by atoms with Gasteiger partial charge in [-0.3, -0.25) is 4.79 Å². The second kappa shape index (κ2) is 7.95. The molecule has 0 aliphatic carbocycles. The van der Waals surface area contributed by atoms with Gasteiger partial charge in [-0.1, -0.05) is 0 Å². The van der Waals surface area contributed by atoms with Crippen LogP contribution in [0.2, 0.25) is 0 Å². The van der Waals surface area contributed by atoms with Gasteiger partial charge in [-0.2, -0.15) is 0 Å². The molecular formula is C11H18F2N2O5. The fraction of sp³-hybridized carbons (Fsp3) is 0.818. The number of rotatable bonds is 7. The van der Waals surface area contributed by atoms with Gasteiger partial charge in [-0.05, 0) is 0 Å². The van der Waals surface area contributed by atoms with Crippen molar-refractivity contribution in [2.45, 2.75) is 12.5 Å². The molecule has 7 nitrogen and oxygen atoms in total. The van der Waals surface area contributed by atoms with Gasteiger partial charge in [0.1, 0.15) is 12.5 Å². The third-order valence-electron chi connectivity index (χ3n) is 2.95. The van der Waals surface area contributed by atoms with Gasteiger partial charge < -0.3 is 24.8 Å². The molecule has 1 saturated heterocycles. The quantitative estimate of drug-likeness (QED) is 0.646. The van der Waals surface area contributed by atoms with E-state index in [4.69, 9.17) is 9.84 Å². The van der Waals surface area contributed by atoms with E-state index in [1.165, 1.54) is 11.9 Å². The molecule has 116 valence electrons. The Bertz CT molecular complexity index is 343. The number of ether oxygens (including phenoxy) is 2. The van der Waals surface area contributed by atoms with Gasteiger partial charge in [-0.15, -0.1) is 0 Å². The van der Waals surface area contributed by atoms with Crippen LogP contribution in [0.15, 0.2) is 0 Å². The summed E-state index contributed by atoms with van der Waals surface area (Å²) in [7, 11) is 1.46. The maximum atomic E-state index is 11.8. The number of carbonyl (C=O) groups is 2. The first-order chi connectivity index (χ1) is 9.43. The Morgan fingerprint density at radius 1 is 1.50 bits per heavy atom. The van der Waals surface area contributed by atoms with Gasteiger partial charge >= 0.3 is 12.0 Å². The summed E-state index contributed by atoms with van der Waals surface area (Å²) in [6.07, 6.45) is -2.54. The van der Waals surface area contributed by atoms with E-state index in [2.05, 4.69) is 10.1 Å². The summed E-state index contributed by atoms with van der Waals surface area (Å²) in [5, 5.41) is 11.4. The van der Waals surface area contributed by atoms with Crippen LogP contribution in [0.25, 0.3) is 0 Å². The number of aliphatic carboxylic acids is 1. The predicted molar refractivity (Wildman–Crippen MR) is 63.7 cm³/mol. The summed E-state index contributed by atoms with van der Waals surface area (Å²) in [6, 6.07) is -1.04. The molecule has 0 bridgehead atoms. The first-order valence-corrected chi connectivity index (χ1v) is 6.10. The largest absolute Gasteiger partial charge is 0.481 e. The zero-order valence-corrected chi connectivity index (χ0v) is 11.1. The number of likely N-dealkylation sites (N-methyl/N-ethyl adjacent to an activating group) is 1. The molecule has 0 aromatic rings. The molecule has 0 radical (unpaired) electrons. The van der Waals surface area contributed by atoms with Crippen LogP contribution >= 0.6 is 0 Å². The van der Waals surface area contributed by atoms with Crippen molar-refractivity contribution in [3.05, 3.63) is 0 Å². The minimum absolute atomic E-state index is 0.0343. The number of urea groups is 1. The van der Waals surface area contributed by atoms with Crippen LogP contribution in [0.1, 0.15) is 0 Å². The van der Waals surface area contributed by atoms with Crippen molar-refractivity contribution >= 4 is 12.0 Å². The van der Waals surface area contributed by atoms with Crippen LogP contribution < -0.4 is 5.32 Å². The first-order valence-electron chi connectivity index (χ1n) is 6.10. The molecule has 0 aromatic heterocycles. The smallest absolute Gasteiger partial charge is 0.317 e. The summed E-state index contributed by atoms with van der Waals surface area (Å²) in [4.78, 5) is 24.0. The Balaban J connectivity index is 2.30. The van der Waals surface area contributed by atoms with Crippen molar-refractivity contribution in [1.82, 2.24) is 10.2 Å². The lowest BCUT2D eigenvalue weighted by atomic mass is 10.0. The Hall–Kier alpha value is -1.48. The third kappa shape index (κ3) is 4.89. The molecule has 1 aliphatic heterocycles. The average Bonchev–Trinajstić information content (AvgIpc) is 2.86. The van der Waals surface area contributed by atoms with Crippen molar-refractivity contribution in [3.8, 4) is 0 Å². The Kier molecular flexibility index (Phi) is 6.59. The van der Waals surface area contributed by atoms with Crippen LogP contribution in [-0.2, 0) is 14.3 Å². The van der Waals surface area contributed by atoms with Gasteiger partial charge in [0.25, 0.3) is 6.43 Å². The van der Waals surface area contributed by atoms with Crippen LogP contribution in [0.4, 0.5) is 13.6 Å². The molecular weight excluding hydrogens is 278 g/mol. The summed E-state index contributed by atoms with van der Waals surface area (Å²) in [5.41, 5.74) is 0. The fourth-order valence-electron chi connectivity index (χ4n) is 1.84. The van der Waals surface area contributed by atoms with Crippen LogP contribution in [0.3, 0.4) is 0 Å². The standard InChI is InChI=1S/C11H18F2N2O5/c1-15(8-5-20-4-7(8)10(16)17)11(18)14-2-3-19-6-9(12)13/h7-9H,2-6H2,1H3,(H,14,18)(H,16,17). The number of amides is 2. The van der Waals surface area contributed by atoms with E-state index in [9.17, 15) is 18.4 Å². The lowest BCUT2D eigenvalue weighted by Gasteiger charge is -2.26. The summed E-state index contributed by atoms with van der Waals surface area (Å²) in [6.45, 7) is -0.421. The number of nitrogens with one attached hydrogen (secondary N) is 1. The zero-order valence-electron chi connectivity index (χ0n) is 11.1. The number of carboxylic acids is 1. The van der Waals surface area contributed by atoms with E-state index in [0.29, 0.717) is 0 Å². The number of nitrogens with zero attached hydrogens (tertiary/aromatic N) is 1. The molecule has 0 aromatic carbocycles. The number of carbonyl (C=O) groups excluding carboxylic acids is 1. The van der Waals surface area contributed by atoms with Crippen LogP contribution in [0, 0.1) is 5.92 Å².